The number of aromatic nitrogens is 2. The minimum Gasteiger partial charge on any atom is -0.492 e. The number of nitrogens with one attached hydrogen (secondary N) is 1. The van der Waals surface area contributed by atoms with Crippen LogP contribution in [0.1, 0.15) is 70.7 Å². The van der Waals surface area contributed by atoms with Gasteiger partial charge in [0.05, 0.1) is 17.6 Å². The Morgan fingerprint density at radius 3 is 2.52 bits per heavy atom. The lowest BCUT2D eigenvalue weighted by atomic mass is 9.99. The predicted molar refractivity (Wildman–Crippen MR) is 136 cm³/mol. The molecule has 0 spiro atoms. The van der Waals surface area contributed by atoms with E-state index in [2.05, 4.69) is 66.2 Å². The molecule has 3 aromatic rings. The highest BCUT2D eigenvalue weighted by Gasteiger charge is 2.11. The number of carbonyl (C=O) groups is 1. The van der Waals surface area contributed by atoms with Crippen molar-refractivity contribution in [2.75, 3.05) is 13.2 Å². The molecule has 5 nitrogen and oxygen atoms in total. The van der Waals surface area contributed by atoms with E-state index < -0.39 is 0 Å². The maximum atomic E-state index is 11.7. The SMILES string of the molecule is CCC(C)c1ccc(OCCn2c(CCCCCNC(=O)C(C)C)nc3ccccc32)cc1. The van der Waals surface area contributed by atoms with E-state index >= 15 is 0 Å². The smallest absolute Gasteiger partial charge is 0.222 e. The Labute approximate surface area is 198 Å². The molecule has 2 aromatic carbocycles. The fourth-order valence-corrected chi connectivity index (χ4v) is 3.95. The fraction of sp³-hybridized carbons (Fsp3) is 0.500. The molecule has 0 aliphatic heterocycles. The van der Waals surface area contributed by atoms with Crippen LogP contribution < -0.4 is 10.1 Å². The van der Waals surface area contributed by atoms with Gasteiger partial charge >= 0.3 is 0 Å². The van der Waals surface area contributed by atoms with Gasteiger partial charge in [0, 0.05) is 18.9 Å². The molecule has 0 bridgehead atoms. The molecule has 178 valence electrons. The molecular formula is C28H39N3O2. The van der Waals surface area contributed by atoms with Gasteiger partial charge in [-0.25, -0.2) is 4.98 Å². The van der Waals surface area contributed by atoms with Gasteiger partial charge in [-0.1, -0.05) is 58.4 Å². The molecule has 0 aliphatic rings. The Kier molecular flexibility index (Phi) is 9.35. The van der Waals surface area contributed by atoms with Crippen LogP contribution in [0.25, 0.3) is 11.0 Å². The van der Waals surface area contributed by atoms with Crippen LogP contribution in [0.2, 0.25) is 0 Å². The van der Waals surface area contributed by atoms with Crippen molar-refractivity contribution in [1.29, 1.82) is 0 Å². The molecule has 1 amide bonds. The average molecular weight is 450 g/mol. The second kappa shape index (κ2) is 12.4. The third-order valence-electron chi connectivity index (χ3n) is 6.28. The summed E-state index contributed by atoms with van der Waals surface area (Å²) < 4.78 is 8.36. The number of carbonyl (C=O) groups excluding carboxylic acids is 1. The van der Waals surface area contributed by atoms with Gasteiger partial charge in [-0.3, -0.25) is 4.79 Å². The fourth-order valence-electron chi connectivity index (χ4n) is 3.95. The summed E-state index contributed by atoms with van der Waals surface area (Å²) >= 11 is 0. The van der Waals surface area contributed by atoms with Crippen molar-refractivity contribution in [3.05, 3.63) is 59.9 Å². The number of hydrogen-bond donors (Lipinski definition) is 1. The van der Waals surface area contributed by atoms with Crippen LogP contribution in [0.15, 0.2) is 48.5 Å². The van der Waals surface area contributed by atoms with Crippen molar-refractivity contribution in [3.63, 3.8) is 0 Å². The molecule has 0 saturated carbocycles. The number of para-hydroxylation sites is 2. The Hall–Kier alpha value is -2.82. The van der Waals surface area contributed by atoms with Gasteiger partial charge in [0.2, 0.25) is 5.91 Å². The van der Waals surface area contributed by atoms with Gasteiger partial charge < -0.3 is 14.6 Å². The number of unbranched alkanes of at least 4 members (excludes halogenated alkanes) is 2. The van der Waals surface area contributed by atoms with Crippen molar-refractivity contribution >= 4 is 16.9 Å². The molecule has 0 saturated heterocycles. The van der Waals surface area contributed by atoms with Crippen molar-refractivity contribution in [2.24, 2.45) is 5.92 Å². The Morgan fingerprint density at radius 1 is 1.03 bits per heavy atom. The van der Waals surface area contributed by atoms with E-state index in [1.54, 1.807) is 0 Å². The number of benzene rings is 2. The van der Waals surface area contributed by atoms with Crippen molar-refractivity contribution in [3.8, 4) is 5.75 Å². The van der Waals surface area contributed by atoms with Crippen LogP contribution in [-0.2, 0) is 17.8 Å². The van der Waals surface area contributed by atoms with Crippen LogP contribution in [0.4, 0.5) is 0 Å². The number of imidazole rings is 1. The van der Waals surface area contributed by atoms with Gasteiger partial charge in [0.25, 0.3) is 0 Å². The summed E-state index contributed by atoms with van der Waals surface area (Å²) in [4.78, 5) is 16.6. The summed E-state index contributed by atoms with van der Waals surface area (Å²) in [5.41, 5.74) is 3.55. The van der Waals surface area contributed by atoms with E-state index in [9.17, 15) is 4.79 Å². The van der Waals surface area contributed by atoms with Gasteiger partial charge in [-0.05, 0) is 55.0 Å². The molecule has 1 aromatic heterocycles. The van der Waals surface area contributed by atoms with E-state index in [4.69, 9.17) is 9.72 Å². The number of amides is 1. The zero-order valence-electron chi connectivity index (χ0n) is 20.6. The quantitative estimate of drug-likeness (QED) is 0.320. The Morgan fingerprint density at radius 2 is 1.79 bits per heavy atom. The van der Waals surface area contributed by atoms with Crippen LogP contribution in [0.3, 0.4) is 0 Å². The first-order valence-electron chi connectivity index (χ1n) is 12.4. The van der Waals surface area contributed by atoms with E-state index in [0.29, 0.717) is 12.5 Å². The van der Waals surface area contributed by atoms with Crippen molar-refractivity contribution in [2.45, 2.75) is 72.3 Å². The van der Waals surface area contributed by atoms with Crippen molar-refractivity contribution < 1.29 is 9.53 Å². The van der Waals surface area contributed by atoms with E-state index in [-0.39, 0.29) is 11.8 Å². The van der Waals surface area contributed by atoms with E-state index in [1.165, 1.54) is 5.56 Å². The predicted octanol–water partition coefficient (Wildman–Crippen LogP) is 6.11. The number of ether oxygens (including phenoxy) is 1. The van der Waals surface area contributed by atoms with Crippen LogP contribution in [0, 0.1) is 5.92 Å². The molecule has 1 unspecified atom stereocenters. The second-order valence-corrected chi connectivity index (χ2v) is 9.15. The molecule has 3 rings (SSSR count). The third kappa shape index (κ3) is 7.08. The lowest BCUT2D eigenvalue weighted by Gasteiger charge is -2.13. The largest absolute Gasteiger partial charge is 0.492 e. The molecule has 1 atom stereocenters. The monoisotopic (exact) mass is 449 g/mol. The van der Waals surface area contributed by atoms with Crippen LogP contribution in [-0.4, -0.2) is 28.6 Å². The standard InChI is InChI=1S/C28H39N3O2/c1-5-22(4)23-14-16-24(17-15-23)33-20-19-31-26-12-9-8-11-25(26)30-27(31)13-7-6-10-18-29-28(32)21(2)3/h8-9,11-12,14-17,21-22H,5-7,10,13,18-20H2,1-4H3,(H,29,32). The maximum Gasteiger partial charge on any atom is 0.222 e. The zero-order valence-corrected chi connectivity index (χ0v) is 20.6. The molecule has 0 fully saturated rings. The Bertz CT molecular complexity index is 1010. The second-order valence-electron chi connectivity index (χ2n) is 9.15. The third-order valence-corrected chi connectivity index (χ3v) is 6.28. The highest BCUT2D eigenvalue weighted by molar-refractivity contribution is 5.77. The molecular weight excluding hydrogens is 410 g/mol. The number of nitrogens with zero attached hydrogens (tertiary/aromatic N) is 2. The number of hydrogen-bond acceptors (Lipinski definition) is 3. The molecule has 0 radical (unpaired) electrons. The zero-order chi connectivity index (χ0) is 23.6. The summed E-state index contributed by atoms with van der Waals surface area (Å²) in [6, 6.07) is 16.8. The molecule has 1 N–H and O–H groups in total. The lowest BCUT2D eigenvalue weighted by Crippen LogP contribution is -2.28. The van der Waals surface area contributed by atoms with Gasteiger partial charge in [-0.2, -0.15) is 0 Å². The summed E-state index contributed by atoms with van der Waals surface area (Å²) in [6.45, 7) is 10.4. The van der Waals surface area contributed by atoms with Gasteiger partial charge in [0.15, 0.2) is 0 Å². The first-order chi connectivity index (χ1) is 16.0. The van der Waals surface area contributed by atoms with E-state index in [1.807, 2.05) is 19.9 Å². The maximum absolute atomic E-state index is 11.7. The van der Waals surface area contributed by atoms with E-state index in [0.717, 1.165) is 67.8 Å². The molecule has 33 heavy (non-hydrogen) atoms. The lowest BCUT2D eigenvalue weighted by molar-refractivity contribution is -0.123. The number of fused-ring (bicyclic) bond motifs is 1. The minimum absolute atomic E-state index is 0.0463. The molecule has 1 heterocycles. The average Bonchev–Trinajstić information content (AvgIpc) is 3.18. The summed E-state index contributed by atoms with van der Waals surface area (Å²) in [6.07, 6.45) is 5.19. The van der Waals surface area contributed by atoms with Gasteiger partial charge in [-0.15, -0.1) is 0 Å². The summed E-state index contributed by atoms with van der Waals surface area (Å²) in [5, 5.41) is 2.99. The summed E-state index contributed by atoms with van der Waals surface area (Å²) in [5.74, 6) is 2.77. The first-order valence-corrected chi connectivity index (χ1v) is 12.4. The topological polar surface area (TPSA) is 56.1 Å². The number of aryl methyl sites for hydroxylation is 1. The van der Waals surface area contributed by atoms with Crippen LogP contribution in [0.5, 0.6) is 5.75 Å². The van der Waals surface area contributed by atoms with Gasteiger partial charge in [0.1, 0.15) is 18.2 Å². The number of rotatable bonds is 13. The summed E-state index contributed by atoms with van der Waals surface area (Å²) in [7, 11) is 0. The normalized spacial score (nSPS) is 12.3. The first kappa shape index (κ1) is 24.8. The Balaban J connectivity index is 1.53. The van der Waals surface area contributed by atoms with Crippen LogP contribution >= 0.6 is 0 Å². The minimum atomic E-state index is 0.0463. The highest BCUT2D eigenvalue weighted by atomic mass is 16.5. The highest BCUT2D eigenvalue weighted by Crippen LogP contribution is 2.22. The molecule has 0 aliphatic carbocycles. The molecule has 5 heteroatoms. The van der Waals surface area contributed by atoms with Crippen molar-refractivity contribution in [1.82, 2.24) is 14.9 Å².